The van der Waals surface area contributed by atoms with Gasteiger partial charge in [0.15, 0.2) is 17.6 Å². The van der Waals surface area contributed by atoms with E-state index < -0.39 is 17.8 Å². The van der Waals surface area contributed by atoms with Crippen molar-refractivity contribution in [2.75, 3.05) is 13.7 Å². The van der Waals surface area contributed by atoms with Gasteiger partial charge in [-0.2, -0.15) is 0 Å². The number of carboxylic acid groups (broad SMARTS) is 1. The minimum atomic E-state index is -0.993. The normalized spacial score (nSPS) is 16.8. The first-order valence-electron chi connectivity index (χ1n) is 11.3. The van der Waals surface area contributed by atoms with Gasteiger partial charge in [0, 0.05) is 31.6 Å². The average Bonchev–Trinajstić information content (AvgIpc) is 3.30. The Balaban J connectivity index is 1.52. The quantitative estimate of drug-likeness (QED) is 0.546. The Morgan fingerprint density at radius 2 is 1.97 bits per heavy atom. The van der Waals surface area contributed by atoms with Gasteiger partial charge in [-0.05, 0) is 37.0 Å². The molecule has 9 heteroatoms. The predicted octanol–water partition coefficient (Wildman–Crippen LogP) is 3.53. The Kier molecular flexibility index (Phi) is 7.20. The second kappa shape index (κ2) is 10.5. The molecule has 0 saturated carbocycles. The number of ether oxygens (including phenoxy) is 1. The molecule has 0 radical (unpaired) electrons. The van der Waals surface area contributed by atoms with Crippen molar-refractivity contribution in [2.45, 2.75) is 44.2 Å². The number of likely N-dealkylation sites (tertiary alicyclic amines) is 1. The molecule has 2 aromatic carbocycles. The van der Waals surface area contributed by atoms with Gasteiger partial charge in [-0.25, -0.2) is 13.9 Å². The van der Waals surface area contributed by atoms with Gasteiger partial charge in [-0.3, -0.25) is 4.79 Å². The summed E-state index contributed by atoms with van der Waals surface area (Å²) in [5.74, 6) is -1.93. The van der Waals surface area contributed by atoms with E-state index in [1.807, 2.05) is 30.3 Å². The number of hydrogen-bond donors (Lipinski definition) is 1. The van der Waals surface area contributed by atoms with Crippen molar-refractivity contribution >= 4 is 11.9 Å². The Labute approximate surface area is 197 Å². The number of amides is 1. The van der Waals surface area contributed by atoms with Gasteiger partial charge in [-0.15, -0.1) is 5.10 Å². The molecule has 1 amide bonds. The molecule has 8 nitrogen and oxygen atoms in total. The maximum atomic E-state index is 14.2. The summed E-state index contributed by atoms with van der Waals surface area (Å²) in [5, 5.41) is 18.0. The molecule has 178 valence electrons. The van der Waals surface area contributed by atoms with Crippen molar-refractivity contribution in [1.29, 1.82) is 0 Å². The lowest BCUT2D eigenvalue weighted by atomic mass is 9.97. The molecule has 34 heavy (non-hydrogen) atoms. The number of hydrogen-bond acceptors (Lipinski definition) is 5. The minimum Gasteiger partial charge on any atom is -0.493 e. The lowest BCUT2D eigenvalue weighted by Gasteiger charge is -2.35. The Morgan fingerprint density at radius 1 is 1.18 bits per heavy atom. The molecule has 3 aromatic rings. The lowest BCUT2D eigenvalue weighted by Crippen LogP contribution is -2.45. The summed E-state index contributed by atoms with van der Waals surface area (Å²) in [7, 11) is 1.34. The first kappa shape index (κ1) is 23.4. The van der Waals surface area contributed by atoms with Gasteiger partial charge >= 0.3 is 5.97 Å². The lowest BCUT2D eigenvalue weighted by molar-refractivity contribution is -0.141. The van der Waals surface area contributed by atoms with Crippen LogP contribution in [0.15, 0.2) is 54.7 Å². The first-order chi connectivity index (χ1) is 16.5. The molecule has 2 unspecified atom stereocenters. The Bertz CT molecular complexity index is 1150. The van der Waals surface area contributed by atoms with E-state index >= 15 is 0 Å². The van der Waals surface area contributed by atoms with Crippen molar-refractivity contribution < 1.29 is 23.8 Å². The minimum absolute atomic E-state index is 0.0621. The standard InChI is InChI=1S/C25H27FN4O4/c1-34-23-20(11-7-12-21(23)26)24(31)29-13-6-5-10-19(29)15-18-16-30(28-27-18)22(25(32)33)14-17-8-3-2-4-9-17/h2-4,7-9,11-12,16,19,22H,5-6,10,13-15H2,1H3,(H,32,33). The number of para-hydroxylation sites is 1. The predicted molar refractivity (Wildman–Crippen MR) is 122 cm³/mol. The maximum absolute atomic E-state index is 14.2. The summed E-state index contributed by atoms with van der Waals surface area (Å²) in [6, 6.07) is 12.6. The molecule has 2 atom stereocenters. The molecular formula is C25H27FN4O4. The molecular weight excluding hydrogens is 439 g/mol. The molecule has 4 rings (SSSR count). The van der Waals surface area contributed by atoms with Crippen LogP contribution in [0.25, 0.3) is 0 Å². The Hall–Kier alpha value is -3.75. The van der Waals surface area contributed by atoms with Crippen LogP contribution in [0.4, 0.5) is 4.39 Å². The zero-order chi connectivity index (χ0) is 24.1. The number of aromatic nitrogens is 3. The number of rotatable bonds is 8. The SMILES string of the molecule is COc1c(F)cccc1C(=O)N1CCCCC1Cc1cn(C(Cc2ccccc2)C(=O)O)nn1. The highest BCUT2D eigenvalue weighted by atomic mass is 19.1. The second-order valence-electron chi connectivity index (χ2n) is 8.41. The number of carboxylic acids is 1. The number of methoxy groups -OCH3 is 1. The van der Waals surface area contributed by atoms with E-state index in [9.17, 15) is 19.1 Å². The first-order valence-corrected chi connectivity index (χ1v) is 11.3. The van der Waals surface area contributed by atoms with Crippen molar-refractivity contribution in [2.24, 2.45) is 0 Å². The highest BCUT2D eigenvalue weighted by molar-refractivity contribution is 5.97. The summed E-state index contributed by atoms with van der Waals surface area (Å²) in [6.07, 6.45) is 4.93. The summed E-state index contributed by atoms with van der Waals surface area (Å²) < 4.78 is 20.7. The van der Waals surface area contributed by atoms with E-state index in [1.165, 1.54) is 23.9 Å². The second-order valence-corrected chi connectivity index (χ2v) is 8.41. The van der Waals surface area contributed by atoms with Crippen LogP contribution in [0.3, 0.4) is 0 Å². The smallest absolute Gasteiger partial charge is 0.328 e. The van der Waals surface area contributed by atoms with Gasteiger partial charge in [0.05, 0.1) is 18.4 Å². The third-order valence-corrected chi connectivity index (χ3v) is 6.17. The van der Waals surface area contributed by atoms with E-state index in [-0.39, 0.29) is 29.7 Å². The number of halogens is 1. The number of aliphatic carboxylic acids is 1. The van der Waals surface area contributed by atoms with Crippen LogP contribution in [0, 0.1) is 5.82 Å². The van der Waals surface area contributed by atoms with Gasteiger partial charge in [0.1, 0.15) is 0 Å². The van der Waals surface area contributed by atoms with Crippen LogP contribution in [-0.2, 0) is 17.6 Å². The summed E-state index contributed by atoms with van der Waals surface area (Å²) in [6.45, 7) is 0.545. The van der Waals surface area contributed by atoms with Crippen molar-refractivity contribution in [3.63, 3.8) is 0 Å². The van der Waals surface area contributed by atoms with E-state index in [4.69, 9.17) is 4.74 Å². The molecule has 2 heterocycles. The molecule has 1 aliphatic heterocycles. The zero-order valence-corrected chi connectivity index (χ0v) is 18.9. The summed E-state index contributed by atoms with van der Waals surface area (Å²) in [5.41, 5.74) is 1.68. The fourth-order valence-electron chi connectivity index (χ4n) is 4.45. The van der Waals surface area contributed by atoms with Crippen LogP contribution in [-0.4, -0.2) is 56.6 Å². The molecule has 0 bridgehead atoms. The highest BCUT2D eigenvalue weighted by Crippen LogP contribution is 2.28. The average molecular weight is 467 g/mol. The van der Waals surface area contributed by atoms with Crippen LogP contribution in [0.5, 0.6) is 5.75 Å². The van der Waals surface area contributed by atoms with Gasteiger partial charge in [0.2, 0.25) is 0 Å². The van der Waals surface area contributed by atoms with Gasteiger partial charge in [-0.1, -0.05) is 41.6 Å². The monoisotopic (exact) mass is 466 g/mol. The fourth-order valence-corrected chi connectivity index (χ4v) is 4.45. The third kappa shape index (κ3) is 5.08. The number of carbonyl (C=O) groups is 2. The largest absolute Gasteiger partial charge is 0.493 e. The van der Waals surface area contributed by atoms with Crippen LogP contribution >= 0.6 is 0 Å². The Morgan fingerprint density at radius 3 is 2.71 bits per heavy atom. The van der Waals surface area contributed by atoms with Gasteiger partial charge in [0.25, 0.3) is 5.91 Å². The zero-order valence-electron chi connectivity index (χ0n) is 18.9. The van der Waals surface area contributed by atoms with Crippen molar-refractivity contribution in [3.05, 3.63) is 77.4 Å². The molecule has 1 fully saturated rings. The number of benzene rings is 2. The van der Waals surface area contributed by atoms with E-state index in [2.05, 4.69) is 10.3 Å². The number of carbonyl (C=O) groups excluding carboxylic acids is 1. The highest BCUT2D eigenvalue weighted by Gasteiger charge is 2.31. The summed E-state index contributed by atoms with van der Waals surface area (Å²) in [4.78, 5) is 26.9. The molecule has 1 aliphatic rings. The number of nitrogens with zero attached hydrogens (tertiary/aromatic N) is 4. The molecule has 1 saturated heterocycles. The van der Waals surface area contributed by atoms with Crippen molar-refractivity contribution in [3.8, 4) is 5.75 Å². The molecule has 0 spiro atoms. The van der Waals surface area contributed by atoms with E-state index in [1.54, 1.807) is 17.2 Å². The number of piperidine rings is 1. The topological polar surface area (TPSA) is 97.5 Å². The summed E-state index contributed by atoms with van der Waals surface area (Å²) >= 11 is 0. The molecule has 1 N–H and O–H groups in total. The third-order valence-electron chi connectivity index (χ3n) is 6.17. The van der Waals surface area contributed by atoms with Gasteiger partial charge < -0.3 is 14.7 Å². The van der Waals surface area contributed by atoms with Crippen molar-refractivity contribution in [1.82, 2.24) is 19.9 Å². The van der Waals surface area contributed by atoms with E-state index in [0.717, 1.165) is 24.8 Å². The fraction of sp³-hybridized carbons (Fsp3) is 0.360. The molecule has 0 aliphatic carbocycles. The van der Waals surface area contributed by atoms with E-state index in [0.29, 0.717) is 18.7 Å². The maximum Gasteiger partial charge on any atom is 0.328 e. The van der Waals surface area contributed by atoms with Crippen LogP contribution < -0.4 is 4.74 Å². The van der Waals surface area contributed by atoms with Crippen LogP contribution in [0.2, 0.25) is 0 Å². The molecule has 1 aromatic heterocycles. The van der Waals surface area contributed by atoms with Crippen LogP contribution in [0.1, 0.15) is 46.9 Å².